The van der Waals surface area contributed by atoms with E-state index >= 15 is 0 Å². The lowest BCUT2D eigenvalue weighted by atomic mass is 10.2. The van der Waals surface area contributed by atoms with Crippen molar-refractivity contribution >= 4 is 17.2 Å². The number of nitrogens with zero attached hydrogens (tertiary/aromatic N) is 2. The lowest BCUT2D eigenvalue weighted by Gasteiger charge is -2.27. The third-order valence-electron chi connectivity index (χ3n) is 4.03. The van der Waals surface area contributed by atoms with Gasteiger partial charge in [0, 0.05) is 18.5 Å². The average molecular weight is 362 g/mol. The largest absolute Gasteiger partial charge is 0.486 e. The third kappa shape index (κ3) is 5.83. The van der Waals surface area contributed by atoms with Gasteiger partial charge in [-0.2, -0.15) is 0 Å². The maximum Gasteiger partial charge on any atom is 0.249 e. The summed E-state index contributed by atoms with van der Waals surface area (Å²) in [5.74, 6) is 0.821. The van der Waals surface area contributed by atoms with Gasteiger partial charge in [0.25, 0.3) is 0 Å². The number of rotatable bonds is 9. The summed E-state index contributed by atoms with van der Waals surface area (Å²) in [5, 5.41) is 2.89. The number of carbonyl (C=O) groups is 1. The minimum Gasteiger partial charge on any atom is -0.486 e. The number of hydrogen-bond donors (Lipinski definition) is 0. The molecular formula is C19H26N2O3S. The van der Waals surface area contributed by atoms with E-state index in [1.807, 2.05) is 48.4 Å². The molecule has 1 aromatic carbocycles. The molecule has 1 heterocycles. The number of aryl methyl sites for hydroxylation is 1. The first-order valence-electron chi connectivity index (χ1n) is 8.44. The van der Waals surface area contributed by atoms with Crippen LogP contribution in [-0.4, -0.2) is 35.5 Å². The second kappa shape index (κ2) is 9.53. The zero-order valence-electron chi connectivity index (χ0n) is 15.3. The molecule has 5 nitrogen and oxygen atoms in total. The van der Waals surface area contributed by atoms with Crippen molar-refractivity contribution < 1.29 is 14.3 Å². The van der Waals surface area contributed by atoms with E-state index < -0.39 is 0 Å². The van der Waals surface area contributed by atoms with Crippen molar-refractivity contribution in [3.63, 3.8) is 0 Å². The Hall–Kier alpha value is -1.92. The highest BCUT2D eigenvalue weighted by molar-refractivity contribution is 7.09. The quantitative estimate of drug-likeness (QED) is 0.681. The predicted molar refractivity (Wildman–Crippen MR) is 99.8 cm³/mol. The van der Waals surface area contributed by atoms with Gasteiger partial charge in [0.2, 0.25) is 5.91 Å². The first kappa shape index (κ1) is 19.4. The van der Waals surface area contributed by atoms with Gasteiger partial charge in [-0.1, -0.05) is 24.6 Å². The number of amides is 1. The lowest BCUT2D eigenvalue weighted by Crippen LogP contribution is -2.39. The molecule has 136 valence electrons. The Morgan fingerprint density at radius 1 is 1.32 bits per heavy atom. The topological polar surface area (TPSA) is 51.7 Å². The Kier molecular flexibility index (Phi) is 7.40. The third-order valence-corrected chi connectivity index (χ3v) is 4.90. The zero-order chi connectivity index (χ0) is 18.2. The highest BCUT2D eigenvalue weighted by atomic mass is 32.1. The number of methoxy groups -OCH3 is 1. The van der Waals surface area contributed by atoms with Gasteiger partial charge in [-0.25, -0.2) is 4.98 Å². The van der Waals surface area contributed by atoms with Crippen LogP contribution in [0.1, 0.15) is 36.5 Å². The number of ether oxygens (including phenoxy) is 2. The fourth-order valence-electron chi connectivity index (χ4n) is 2.36. The fourth-order valence-corrected chi connectivity index (χ4v) is 3.05. The van der Waals surface area contributed by atoms with Crippen molar-refractivity contribution in [2.45, 2.75) is 46.4 Å². The van der Waals surface area contributed by atoms with Gasteiger partial charge in [-0.15, -0.1) is 11.3 Å². The van der Waals surface area contributed by atoms with Gasteiger partial charge < -0.3 is 14.4 Å². The number of benzene rings is 1. The summed E-state index contributed by atoms with van der Waals surface area (Å²) < 4.78 is 10.8. The fraction of sp³-hybridized carbons (Fsp3) is 0.474. The summed E-state index contributed by atoms with van der Waals surface area (Å²) in [6.45, 7) is 7.19. The molecule has 0 aliphatic rings. The van der Waals surface area contributed by atoms with E-state index in [4.69, 9.17) is 9.47 Å². The maximum absolute atomic E-state index is 12.2. The van der Waals surface area contributed by atoms with Crippen LogP contribution in [0.3, 0.4) is 0 Å². The van der Waals surface area contributed by atoms with E-state index in [1.165, 1.54) is 12.7 Å². The molecule has 1 aromatic heterocycles. The summed E-state index contributed by atoms with van der Waals surface area (Å²) in [5.41, 5.74) is 2.09. The van der Waals surface area contributed by atoms with Gasteiger partial charge in [0.05, 0.1) is 12.2 Å². The molecule has 0 bridgehead atoms. The van der Waals surface area contributed by atoms with E-state index in [9.17, 15) is 4.79 Å². The second-order valence-electron chi connectivity index (χ2n) is 6.05. The minimum absolute atomic E-state index is 0.0118. The van der Waals surface area contributed by atoms with E-state index in [1.54, 1.807) is 11.3 Å². The van der Waals surface area contributed by atoms with Crippen LogP contribution in [0, 0.1) is 6.92 Å². The molecule has 0 spiro atoms. The van der Waals surface area contributed by atoms with E-state index in [0.717, 1.165) is 22.9 Å². The normalized spacial score (nSPS) is 12.0. The molecule has 0 fully saturated rings. The SMILES string of the molecule is CCC(C)N(Cc1csc(COc2ccc(C)cc2)n1)C(=O)COC. The smallest absolute Gasteiger partial charge is 0.249 e. The van der Waals surface area contributed by atoms with Crippen molar-refractivity contribution in [1.29, 1.82) is 0 Å². The highest BCUT2D eigenvalue weighted by Crippen LogP contribution is 2.18. The molecule has 0 saturated carbocycles. The molecule has 2 aromatic rings. The van der Waals surface area contributed by atoms with Crippen LogP contribution in [0.15, 0.2) is 29.6 Å². The van der Waals surface area contributed by atoms with Crippen LogP contribution in [0.5, 0.6) is 5.75 Å². The van der Waals surface area contributed by atoms with Crippen molar-refractivity contribution in [3.8, 4) is 5.75 Å². The van der Waals surface area contributed by atoms with Gasteiger partial charge in [0.1, 0.15) is 24.0 Å². The van der Waals surface area contributed by atoms with Gasteiger partial charge >= 0.3 is 0 Å². The molecule has 0 aliphatic carbocycles. The molecule has 2 rings (SSSR count). The Balaban J connectivity index is 1.96. The van der Waals surface area contributed by atoms with Crippen LogP contribution in [0.2, 0.25) is 0 Å². The van der Waals surface area contributed by atoms with Crippen LogP contribution in [0.25, 0.3) is 0 Å². The predicted octanol–water partition coefficient (Wildman–Crippen LogP) is 3.80. The highest BCUT2D eigenvalue weighted by Gasteiger charge is 2.20. The van der Waals surface area contributed by atoms with E-state index in [0.29, 0.717) is 13.2 Å². The van der Waals surface area contributed by atoms with Crippen LogP contribution in [-0.2, 0) is 22.7 Å². The molecular weight excluding hydrogens is 336 g/mol. The Morgan fingerprint density at radius 2 is 2.04 bits per heavy atom. The summed E-state index contributed by atoms with van der Waals surface area (Å²) >= 11 is 1.55. The zero-order valence-corrected chi connectivity index (χ0v) is 16.1. The molecule has 1 amide bonds. The Bertz CT molecular complexity index is 670. The van der Waals surface area contributed by atoms with Gasteiger partial charge in [-0.05, 0) is 32.4 Å². The monoisotopic (exact) mass is 362 g/mol. The number of aromatic nitrogens is 1. The lowest BCUT2D eigenvalue weighted by molar-refractivity contribution is -0.138. The van der Waals surface area contributed by atoms with Crippen LogP contribution in [0.4, 0.5) is 0 Å². The molecule has 1 unspecified atom stereocenters. The molecule has 25 heavy (non-hydrogen) atoms. The number of hydrogen-bond acceptors (Lipinski definition) is 5. The molecule has 0 saturated heterocycles. The summed E-state index contributed by atoms with van der Waals surface area (Å²) in [7, 11) is 1.54. The summed E-state index contributed by atoms with van der Waals surface area (Å²) in [4.78, 5) is 18.7. The summed E-state index contributed by atoms with van der Waals surface area (Å²) in [6, 6.07) is 8.11. The standard InChI is InChI=1S/C19H26N2O3S/c1-5-15(3)21(19(22)12-23-4)10-16-13-25-18(20-16)11-24-17-8-6-14(2)7-9-17/h6-9,13,15H,5,10-12H2,1-4H3. The Morgan fingerprint density at radius 3 is 2.68 bits per heavy atom. The first-order chi connectivity index (χ1) is 12.0. The summed E-state index contributed by atoms with van der Waals surface area (Å²) in [6.07, 6.45) is 0.892. The molecule has 0 radical (unpaired) electrons. The average Bonchev–Trinajstić information content (AvgIpc) is 3.06. The number of carbonyl (C=O) groups excluding carboxylic acids is 1. The molecule has 1 atom stereocenters. The second-order valence-corrected chi connectivity index (χ2v) is 6.99. The van der Waals surface area contributed by atoms with E-state index in [-0.39, 0.29) is 18.6 Å². The van der Waals surface area contributed by atoms with Crippen LogP contribution < -0.4 is 4.74 Å². The van der Waals surface area contributed by atoms with Crippen molar-refractivity contribution in [3.05, 3.63) is 45.9 Å². The molecule has 6 heteroatoms. The van der Waals surface area contributed by atoms with Crippen LogP contribution >= 0.6 is 11.3 Å². The molecule has 0 N–H and O–H groups in total. The minimum atomic E-state index is -0.0118. The maximum atomic E-state index is 12.2. The van der Waals surface area contributed by atoms with Crippen molar-refractivity contribution in [2.24, 2.45) is 0 Å². The number of thiazole rings is 1. The Labute approximate surface area is 153 Å². The van der Waals surface area contributed by atoms with E-state index in [2.05, 4.69) is 11.9 Å². The van der Waals surface area contributed by atoms with Crippen molar-refractivity contribution in [1.82, 2.24) is 9.88 Å². The molecule has 0 aliphatic heterocycles. The van der Waals surface area contributed by atoms with Crippen molar-refractivity contribution in [2.75, 3.05) is 13.7 Å². The first-order valence-corrected chi connectivity index (χ1v) is 9.32. The van der Waals surface area contributed by atoms with Gasteiger partial charge in [0.15, 0.2) is 0 Å². The van der Waals surface area contributed by atoms with Gasteiger partial charge in [-0.3, -0.25) is 4.79 Å².